The van der Waals surface area contributed by atoms with Crippen LogP contribution in [-0.4, -0.2) is 39.1 Å². The van der Waals surface area contributed by atoms with E-state index in [1.165, 1.54) is 0 Å². The first-order valence-electron chi connectivity index (χ1n) is 8.53. The smallest absolute Gasteiger partial charge is 0.212 e. The van der Waals surface area contributed by atoms with Crippen molar-refractivity contribution in [3.63, 3.8) is 0 Å². The molecule has 0 amide bonds. The Morgan fingerprint density at radius 2 is 1.85 bits per heavy atom. The van der Waals surface area contributed by atoms with Crippen molar-refractivity contribution in [1.82, 2.24) is 24.9 Å². The van der Waals surface area contributed by atoms with Gasteiger partial charge >= 0.3 is 0 Å². The van der Waals surface area contributed by atoms with Crippen LogP contribution in [-0.2, 0) is 12.8 Å². The van der Waals surface area contributed by atoms with E-state index in [0.717, 1.165) is 39.2 Å². The molecule has 4 heterocycles. The molecule has 0 saturated heterocycles. The van der Waals surface area contributed by atoms with Crippen molar-refractivity contribution in [3.8, 4) is 11.6 Å². The summed E-state index contributed by atoms with van der Waals surface area (Å²) >= 11 is 0. The maximum Gasteiger partial charge on any atom is 0.212 e. The maximum atomic E-state index is 5.30. The number of hydrogen-bond acceptors (Lipinski definition) is 6. The summed E-state index contributed by atoms with van der Waals surface area (Å²) in [4.78, 5) is 20.6. The average molecular weight is 361 g/mol. The first-order chi connectivity index (χ1) is 13.3. The van der Waals surface area contributed by atoms with Crippen LogP contribution in [0.5, 0.6) is 11.6 Å². The summed E-state index contributed by atoms with van der Waals surface area (Å²) in [7, 11) is 3.25. The van der Waals surface area contributed by atoms with Crippen molar-refractivity contribution < 1.29 is 9.47 Å². The fourth-order valence-electron chi connectivity index (χ4n) is 3.02. The lowest BCUT2D eigenvalue weighted by Crippen LogP contribution is -2.02. The molecule has 0 aliphatic carbocycles. The van der Waals surface area contributed by atoms with E-state index < -0.39 is 0 Å². The molecule has 0 aromatic carbocycles. The zero-order valence-electron chi connectivity index (χ0n) is 15.1. The van der Waals surface area contributed by atoms with E-state index in [2.05, 4.69) is 24.9 Å². The molecule has 4 aromatic heterocycles. The number of fused-ring (bicyclic) bond motifs is 1. The molecule has 0 spiro atoms. The second-order valence-electron chi connectivity index (χ2n) is 6.14. The predicted molar refractivity (Wildman–Crippen MR) is 101 cm³/mol. The number of nitrogens with one attached hydrogen (secondary N) is 1. The predicted octanol–water partition coefficient (Wildman–Crippen LogP) is 2.95. The van der Waals surface area contributed by atoms with Gasteiger partial charge in [-0.1, -0.05) is 6.07 Å². The third-order valence-corrected chi connectivity index (χ3v) is 4.47. The highest BCUT2D eigenvalue weighted by Crippen LogP contribution is 2.24. The lowest BCUT2D eigenvalue weighted by Gasteiger charge is -2.08. The molecular formula is C20H19N5O2. The van der Waals surface area contributed by atoms with E-state index in [-0.39, 0.29) is 0 Å². The molecule has 136 valence electrons. The molecule has 0 saturated carbocycles. The molecule has 4 rings (SSSR count). The highest BCUT2D eigenvalue weighted by molar-refractivity contribution is 5.81. The van der Waals surface area contributed by atoms with Gasteiger partial charge in [0, 0.05) is 42.9 Å². The number of methoxy groups -OCH3 is 2. The molecule has 0 aliphatic heterocycles. The highest BCUT2D eigenvalue weighted by atomic mass is 16.5. The van der Waals surface area contributed by atoms with E-state index in [9.17, 15) is 0 Å². The second-order valence-corrected chi connectivity index (χ2v) is 6.14. The Labute approximate surface area is 156 Å². The van der Waals surface area contributed by atoms with E-state index in [4.69, 9.17) is 9.47 Å². The van der Waals surface area contributed by atoms with Crippen LogP contribution in [0.4, 0.5) is 0 Å². The monoisotopic (exact) mass is 361 g/mol. The van der Waals surface area contributed by atoms with Crippen LogP contribution in [0.15, 0.2) is 49.3 Å². The minimum absolute atomic E-state index is 0.599. The van der Waals surface area contributed by atoms with Gasteiger partial charge < -0.3 is 14.5 Å². The fourth-order valence-corrected chi connectivity index (χ4v) is 3.02. The summed E-state index contributed by atoms with van der Waals surface area (Å²) in [6.45, 7) is 0. The van der Waals surface area contributed by atoms with Crippen LogP contribution in [0.2, 0.25) is 0 Å². The van der Waals surface area contributed by atoms with Crippen LogP contribution in [0.3, 0.4) is 0 Å². The molecule has 0 aliphatic rings. The number of pyridine rings is 2. The summed E-state index contributed by atoms with van der Waals surface area (Å²) in [5.74, 6) is 1.33. The summed E-state index contributed by atoms with van der Waals surface area (Å²) in [5.41, 5.74) is 5.07. The fraction of sp³-hybridized carbons (Fsp3) is 0.200. The Balaban J connectivity index is 1.63. The standard InChI is InChI=1S/C20H19N5O2/c1-26-16-7-17-14(10-23-20(17)24-11-16)6-15-9-21-12-25-18(15)5-13-3-4-19(27-2)22-8-13/h3-4,7-12H,5-6H2,1-2H3,(H,23,24). The van der Waals surface area contributed by atoms with Crippen molar-refractivity contribution in [3.05, 3.63) is 71.7 Å². The minimum Gasteiger partial charge on any atom is -0.495 e. The van der Waals surface area contributed by atoms with Gasteiger partial charge in [-0.25, -0.2) is 19.9 Å². The van der Waals surface area contributed by atoms with Crippen LogP contribution < -0.4 is 9.47 Å². The molecule has 7 heteroatoms. The van der Waals surface area contributed by atoms with Crippen molar-refractivity contribution in [1.29, 1.82) is 0 Å². The van der Waals surface area contributed by atoms with Crippen LogP contribution in [0.25, 0.3) is 11.0 Å². The molecule has 27 heavy (non-hydrogen) atoms. The number of aromatic amines is 1. The molecule has 1 N–H and O–H groups in total. The van der Waals surface area contributed by atoms with E-state index >= 15 is 0 Å². The van der Waals surface area contributed by atoms with Crippen LogP contribution >= 0.6 is 0 Å². The van der Waals surface area contributed by atoms with Gasteiger partial charge in [0.15, 0.2) is 0 Å². The molecule has 7 nitrogen and oxygen atoms in total. The molecule has 0 radical (unpaired) electrons. The second kappa shape index (κ2) is 7.41. The average Bonchev–Trinajstić information content (AvgIpc) is 3.12. The number of H-pyrrole nitrogens is 1. The number of aromatic nitrogens is 5. The van der Waals surface area contributed by atoms with Crippen molar-refractivity contribution in [2.75, 3.05) is 14.2 Å². The number of hydrogen-bond donors (Lipinski definition) is 1. The first-order valence-corrected chi connectivity index (χ1v) is 8.53. The molecule has 0 bridgehead atoms. The lowest BCUT2D eigenvalue weighted by atomic mass is 10.0. The quantitative estimate of drug-likeness (QED) is 0.568. The third-order valence-electron chi connectivity index (χ3n) is 4.47. The van der Waals surface area contributed by atoms with Crippen molar-refractivity contribution >= 4 is 11.0 Å². The molecular weight excluding hydrogens is 342 g/mol. The summed E-state index contributed by atoms with van der Waals surface area (Å²) in [6, 6.07) is 5.84. The lowest BCUT2D eigenvalue weighted by molar-refractivity contribution is 0.397. The van der Waals surface area contributed by atoms with Crippen molar-refractivity contribution in [2.45, 2.75) is 12.8 Å². The van der Waals surface area contributed by atoms with Gasteiger partial charge in [0.2, 0.25) is 5.88 Å². The zero-order valence-corrected chi connectivity index (χ0v) is 15.1. The Kier molecular flexibility index (Phi) is 4.65. The van der Waals surface area contributed by atoms with E-state index in [0.29, 0.717) is 18.7 Å². The molecule has 0 fully saturated rings. The largest absolute Gasteiger partial charge is 0.495 e. The number of nitrogens with zero attached hydrogens (tertiary/aromatic N) is 4. The van der Waals surface area contributed by atoms with Crippen molar-refractivity contribution in [2.24, 2.45) is 0 Å². The zero-order chi connectivity index (χ0) is 18.6. The molecule has 0 atom stereocenters. The topological polar surface area (TPSA) is 85.8 Å². The first kappa shape index (κ1) is 17.0. The Hall–Kier alpha value is -3.48. The van der Waals surface area contributed by atoms with Crippen LogP contribution in [0.1, 0.15) is 22.4 Å². The molecule has 0 unspecified atom stereocenters. The Bertz CT molecular complexity index is 1060. The van der Waals surface area contributed by atoms with Crippen LogP contribution in [0, 0.1) is 0 Å². The number of rotatable bonds is 6. The van der Waals surface area contributed by atoms with E-state index in [1.54, 1.807) is 26.7 Å². The highest BCUT2D eigenvalue weighted by Gasteiger charge is 2.11. The van der Waals surface area contributed by atoms with Gasteiger partial charge in [-0.15, -0.1) is 0 Å². The van der Waals surface area contributed by atoms with Gasteiger partial charge in [-0.2, -0.15) is 0 Å². The van der Waals surface area contributed by atoms with Gasteiger partial charge in [0.25, 0.3) is 0 Å². The summed E-state index contributed by atoms with van der Waals surface area (Å²) in [5, 5.41) is 1.04. The normalized spacial score (nSPS) is 10.9. The summed E-state index contributed by atoms with van der Waals surface area (Å²) < 4.78 is 10.4. The Morgan fingerprint density at radius 1 is 0.926 bits per heavy atom. The van der Waals surface area contributed by atoms with Gasteiger partial charge in [0.1, 0.15) is 17.7 Å². The maximum absolute atomic E-state index is 5.30. The Morgan fingerprint density at radius 3 is 2.63 bits per heavy atom. The third kappa shape index (κ3) is 3.57. The van der Waals surface area contributed by atoms with Gasteiger partial charge in [-0.05, 0) is 22.8 Å². The summed E-state index contributed by atoms with van der Waals surface area (Å²) in [6.07, 6.45) is 10.3. The molecule has 4 aromatic rings. The van der Waals surface area contributed by atoms with Gasteiger partial charge in [0.05, 0.1) is 26.1 Å². The van der Waals surface area contributed by atoms with Gasteiger partial charge in [-0.3, -0.25) is 0 Å². The minimum atomic E-state index is 0.599. The number of ether oxygens (including phenoxy) is 2. The SMILES string of the molecule is COc1cnc2[nH]cc(Cc3cncnc3Cc3ccc(OC)nc3)c2c1. The van der Waals surface area contributed by atoms with E-state index in [1.807, 2.05) is 36.8 Å².